The van der Waals surface area contributed by atoms with Crippen molar-refractivity contribution < 1.29 is 18.7 Å². The van der Waals surface area contributed by atoms with Crippen LogP contribution in [0.5, 0.6) is 5.75 Å². The first-order valence-corrected chi connectivity index (χ1v) is 12.7. The first-order chi connectivity index (χ1) is 18.5. The Hall–Kier alpha value is -4.21. The summed E-state index contributed by atoms with van der Waals surface area (Å²) in [6.45, 7) is 4.90. The topological polar surface area (TPSA) is 90.9 Å². The van der Waals surface area contributed by atoms with Gasteiger partial charge in [0.25, 0.3) is 0 Å². The molecule has 200 valence electrons. The molecule has 2 aromatic carbocycles. The summed E-state index contributed by atoms with van der Waals surface area (Å²) in [5, 5.41) is 11.6. The SMILES string of the molecule is CCNC(=O)N(CC(=O)N1CCCN(c2ccc(-c3ccc(OC)cc3)nn2)CC1)Cc1ccc(F)cc1. The van der Waals surface area contributed by atoms with Crippen LogP contribution in [0.4, 0.5) is 15.0 Å². The number of nitrogens with one attached hydrogen (secondary N) is 1. The van der Waals surface area contributed by atoms with Gasteiger partial charge in [-0.25, -0.2) is 9.18 Å². The fourth-order valence-electron chi connectivity index (χ4n) is 4.34. The lowest BCUT2D eigenvalue weighted by Crippen LogP contribution is -2.47. The van der Waals surface area contributed by atoms with Gasteiger partial charge in [0.1, 0.15) is 18.1 Å². The van der Waals surface area contributed by atoms with Crippen LogP contribution in [0.1, 0.15) is 18.9 Å². The molecule has 1 N–H and O–H groups in total. The smallest absolute Gasteiger partial charge is 0.318 e. The highest BCUT2D eigenvalue weighted by Gasteiger charge is 2.24. The van der Waals surface area contributed by atoms with Gasteiger partial charge < -0.3 is 24.8 Å². The first kappa shape index (κ1) is 26.8. The number of urea groups is 1. The number of aromatic nitrogens is 2. The maximum Gasteiger partial charge on any atom is 0.318 e. The van der Waals surface area contributed by atoms with Crippen LogP contribution in [0.15, 0.2) is 60.7 Å². The molecule has 0 spiro atoms. The highest BCUT2D eigenvalue weighted by atomic mass is 19.1. The third kappa shape index (κ3) is 6.96. The molecule has 1 aromatic heterocycles. The quantitative estimate of drug-likeness (QED) is 0.489. The average molecular weight is 521 g/mol. The summed E-state index contributed by atoms with van der Waals surface area (Å²) in [7, 11) is 1.63. The summed E-state index contributed by atoms with van der Waals surface area (Å²) < 4.78 is 18.5. The summed E-state index contributed by atoms with van der Waals surface area (Å²) in [5.41, 5.74) is 2.48. The molecule has 4 rings (SSSR count). The van der Waals surface area contributed by atoms with Gasteiger partial charge in [-0.1, -0.05) is 12.1 Å². The number of carbonyl (C=O) groups is 2. The summed E-state index contributed by atoms with van der Waals surface area (Å²) in [6.07, 6.45) is 0.771. The molecule has 3 amide bonds. The van der Waals surface area contributed by atoms with Crippen molar-refractivity contribution in [2.75, 3.05) is 51.3 Å². The molecule has 0 atom stereocenters. The van der Waals surface area contributed by atoms with Gasteiger partial charge in [0.15, 0.2) is 5.82 Å². The molecule has 2 heterocycles. The Morgan fingerprint density at radius 1 is 0.974 bits per heavy atom. The van der Waals surface area contributed by atoms with E-state index >= 15 is 0 Å². The number of ether oxygens (including phenoxy) is 1. The molecule has 3 aromatic rings. The Kier molecular flexibility index (Phi) is 9.07. The van der Waals surface area contributed by atoms with Crippen LogP contribution >= 0.6 is 0 Å². The third-order valence-electron chi connectivity index (χ3n) is 6.44. The van der Waals surface area contributed by atoms with Crippen LogP contribution in [0.25, 0.3) is 11.3 Å². The minimum Gasteiger partial charge on any atom is -0.497 e. The molecular formula is C28H33FN6O3. The molecule has 0 aliphatic carbocycles. The minimum atomic E-state index is -0.344. The zero-order chi connectivity index (χ0) is 26.9. The molecule has 1 aliphatic heterocycles. The number of anilines is 1. The highest BCUT2D eigenvalue weighted by molar-refractivity contribution is 5.84. The Balaban J connectivity index is 1.36. The number of amides is 3. The van der Waals surface area contributed by atoms with E-state index in [0.29, 0.717) is 26.2 Å². The largest absolute Gasteiger partial charge is 0.497 e. The second kappa shape index (κ2) is 12.8. The maximum absolute atomic E-state index is 13.3. The van der Waals surface area contributed by atoms with Crippen molar-refractivity contribution in [1.82, 2.24) is 25.3 Å². The zero-order valence-electron chi connectivity index (χ0n) is 21.8. The fourth-order valence-corrected chi connectivity index (χ4v) is 4.34. The van der Waals surface area contributed by atoms with E-state index in [-0.39, 0.29) is 30.8 Å². The molecule has 0 saturated carbocycles. The van der Waals surface area contributed by atoms with E-state index in [0.717, 1.165) is 41.4 Å². The van der Waals surface area contributed by atoms with Gasteiger partial charge in [0.05, 0.1) is 12.8 Å². The van der Waals surface area contributed by atoms with Crippen LogP contribution in [-0.2, 0) is 11.3 Å². The number of hydrogen-bond acceptors (Lipinski definition) is 6. The van der Waals surface area contributed by atoms with Crippen molar-refractivity contribution >= 4 is 17.8 Å². The molecule has 1 saturated heterocycles. The average Bonchev–Trinajstić information content (AvgIpc) is 3.21. The van der Waals surface area contributed by atoms with Crippen LogP contribution in [0, 0.1) is 5.82 Å². The monoisotopic (exact) mass is 520 g/mol. The predicted molar refractivity (Wildman–Crippen MR) is 143 cm³/mol. The van der Waals surface area contributed by atoms with E-state index in [4.69, 9.17) is 4.74 Å². The van der Waals surface area contributed by atoms with Crippen molar-refractivity contribution in [3.8, 4) is 17.0 Å². The number of methoxy groups -OCH3 is 1. The molecule has 0 unspecified atom stereocenters. The van der Waals surface area contributed by atoms with Crippen molar-refractivity contribution in [3.63, 3.8) is 0 Å². The van der Waals surface area contributed by atoms with E-state index in [1.807, 2.05) is 43.3 Å². The Bertz CT molecular complexity index is 1200. The third-order valence-corrected chi connectivity index (χ3v) is 6.44. The number of benzene rings is 2. The van der Waals surface area contributed by atoms with E-state index < -0.39 is 0 Å². The summed E-state index contributed by atoms with van der Waals surface area (Å²) in [6, 6.07) is 17.2. The van der Waals surface area contributed by atoms with Crippen LogP contribution in [0.3, 0.4) is 0 Å². The molecular weight excluding hydrogens is 487 g/mol. The second-order valence-electron chi connectivity index (χ2n) is 9.04. The van der Waals surface area contributed by atoms with E-state index in [2.05, 4.69) is 20.4 Å². The second-order valence-corrected chi connectivity index (χ2v) is 9.04. The molecule has 1 fully saturated rings. The van der Waals surface area contributed by atoms with Gasteiger partial charge in [-0.3, -0.25) is 4.79 Å². The lowest BCUT2D eigenvalue weighted by molar-refractivity contribution is -0.131. The minimum absolute atomic E-state index is 0.0560. The Labute approximate surface area is 222 Å². The summed E-state index contributed by atoms with van der Waals surface area (Å²) in [4.78, 5) is 31.2. The predicted octanol–water partition coefficient (Wildman–Crippen LogP) is 3.56. The van der Waals surface area contributed by atoms with Gasteiger partial charge in [-0.2, -0.15) is 0 Å². The van der Waals surface area contributed by atoms with Crippen molar-refractivity contribution in [3.05, 3.63) is 72.0 Å². The maximum atomic E-state index is 13.3. The molecule has 0 bridgehead atoms. The highest BCUT2D eigenvalue weighted by Crippen LogP contribution is 2.22. The van der Waals surface area contributed by atoms with Gasteiger partial charge >= 0.3 is 6.03 Å². The lowest BCUT2D eigenvalue weighted by Gasteiger charge is -2.27. The van der Waals surface area contributed by atoms with E-state index in [1.165, 1.54) is 17.0 Å². The van der Waals surface area contributed by atoms with Crippen LogP contribution in [-0.4, -0.2) is 78.3 Å². The van der Waals surface area contributed by atoms with Gasteiger partial charge in [0, 0.05) is 44.8 Å². The number of carbonyl (C=O) groups excluding carboxylic acids is 2. The van der Waals surface area contributed by atoms with Crippen LogP contribution < -0.4 is 15.0 Å². The fraction of sp³-hybridized carbons (Fsp3) is 0.357. The van der Waals surface area contributed by atoms with E-state index in [9.17, 15) is 14.0 Å². The standard InChI is InChI=1S/C28H33FN6O3/c1-3-30-28(37)35(19-21-5-9-23(29)10-6-21)20-27(36)34-16-4-15-33(17-18-34)26-14-13-25(31-32-26)22-7-11-24(38-2)12-8-22/h5-14H,3-4,15-20H2,1-2H3,(H,30,37). The van der Waals surface area contributed by atoms with Gasteiger partial charge in [-0.05, 0) is 67.4 Å². The molecule has 10 heteroatoms. The number of nitrogens with zero attached hydrogens (tertiary/aromatic N) is 5. The van der Waals surface area contributed by atoms with Crippen molar-refractivity contribution in [2.24, 2.45) is 0 Å². The van der Waals surface area contributed by atoms with Crippen LogP contribution in [0.2, 0.25) is 0 Å². The molecule has 1 aliphatic rings. The number of halogens is 1. The number of rotatable bonds is 8. The molecule has 9 nitrogen and oxygen atoms in total. The van der Waals surface area contributed by atoms with Crippen molar-refractivity contribution in [2.45, 2.75) is 19.9 Å². The number of hydrogen-bond donors (Lipinski definition) is 1. The molecule has 38 heavy (non-hydrogen) atoms. The lowest BCUT2D eigenvalue weighted by atomic mass is 10.1. The van der Waals surface area contributed by atoms with Gasteiger partial charge in [-0.15, -0.1) is 10.2 Å². The van der Waals surface area contributed by atoms with E-state index in [1.54, 1.807) is 24.1 Å². The molecule has 0 radical (unpaired) electrons. The van der Waals surface area contributed by atoms with Gasteiger partial charge in [0.2, 0.25) is 5.91 Å². The Morgan fingerprint density at radius 3 is 2.39 bits per heavy atom. The first-order valence-electron chi connectivity index (χ1n) is 12.7. The summed E-state index contributed by atoms with van der Waals surface area (Å²) in [5.74, 6) is 1.08. The normalized spacial score (nSPS) is 13.6. The zero-order valence-corrected chi connectivity index (χ0v) is 21.8. The summed E-state index contributed by atoms with van der Waals surface area (Å²) >= 11 is 0. The Morgan fingerprint density at radius 2 is 1.74 bits per heavy atom. The van der Waals surface area contributed by atoms with Crippen molar-refractivity contribution in [1.29, 1.82) is 0 Å².